The number of alkyl halides is 4. The summed E-state index contributed by atoms with van der Waals surface area (Å²) in [6.07, 6.45) is -3.84. The van der Waals surface area contributed by atoms with E-state index in [2.05, 4.69) is 15.8 Å². The zero-order chi connectivity index (χ0) is 9.07. The Labute approximate surface area is 65.1 Å². The van der Waals surface area contributed by atoms with Crippen molar-refractivity contribution in [3.63, 3.8) is 0 Å². The summed E-state index contributed by atoms with van der Waals surface area (Å²) in [6, 6.07) is 0. The smallest absolute Gasteiger partial charge is 0.203 e. The average Bonchev–Trinajstić information content (AvgIpc) is 1.84. The summed E-state index contributed by atoms with van der Waals surface area (Å²) in [5.74, 6) is -4.29. The third-order valence-corrected chi connectivity index (χ3v) is 1.30. The van der Waals surface area contributed by atoms with Gasteiger partial charge in [0, 0.05) is 0 Å². The third kappa shape index (κ3) is 4.50. The van der Waals surface area contributed by atoms with Crippen LogP contribution in [0.2, 0.25) is 0 Å². The molecule has 2 nitrogen and oxygen atoms in total. The molecule has 0 spiro atoms. The molecule has 0 aliphatic heterocycles. The van der Waals surface area contributed by atoms with Crippen molar-refractivity contribution in [1.82, 2.24) is 0 Å². The summed E-state index contributed by atoms with van der Waals surface area (Å²) in [7, 11) is -2.78. The summed E-state index contributed by atoms with van der Waals surface area (Å²) in [4.78, 5) is 0. The molecular weight excluding hydrogens is 210 g/mol. The van der Waals surface area contributed by atoms with Crippen molar-refractivity contribution >= 4 is 18.6 Å². The van der Waals surface area contributed by atoms with Crippen LogP contribution in [-0.2, 0) is 9.09 Å². The van der Waals surface area contributed by atoms with Gasteiger partial charge in [-0.25, -0.2) is 8.78 Å². The lowest BCUT2D eigenvalue weighted by Crippen LogP contribution is -2.31. The van der Waals surface area contributed by atoms with Gasteiger partial charge in [0.1, 0.15) is 0 Å². The molecule has 0 N–H and O–H groups in total. The Bertz CT molecular complexity index is 152. The number of rotatable bonds is 4. The lowest BCUT2D eigenvalue weighted by atomic mass is 10.4. The second kappa shape index (κ2) is 4.18. The van der Waals surface area contributed by atoms with Gasteiger partial charge in [0.2, 0.25) is 11.2 Å². The molecule has 0 fully saturated rings. The predicted molar refractivity (Wildman–Crippen MR) is 30.4 cm³/mol. The second-order valence-corrected chi connectivity index (χ2v) is 3.06. The molecule has 0 aromatic carbocycles. The fourth-order valence-electron chi connectivity index (χ4n) is 0.200. The van der Waals surface area contributed by atoms with E-state index >= 15 is 0 Å². The molecule has 0 bridgehead atoms. The largest absolute Gasteiger partial charge is 0.633 e. The Morgan fingerprint density at radius 3 is 2.27 bits per heavy atom. The summed E-state index contributed by atoms with van der Waals surface area (Å²) in [6.45, 7) is -1.64. The first kappa shape index (κ1) is 11.1. The van der Waals surface area contributed by atoms with E-state index in [9.17, 15) is 22.1 Å². The van der Waals surface area contributed by atoms with Crippen LogP contribution in [0.5, 0.6) is 0 Å². The van der Waals surface area contributed by atoms with Crippen molar-refractivity contribution in [3.05, 3.63) is 0 Å². The van der Waals surface area contributed by atoms with Crippen LogP contribution < -0.4 is 0 Å². The predicted octanol–water partition coefficient (Wildman–Crippen LogP) is 2.80. The zero-order valence-electron chi connectivity index (χ0n) is 4.94. The average molecular weight is 213 g/mol. The Balaban J connectivity index is 3.82. The first-order valence-corrected chi connectivity index (χ1v) is 4.36. The molecule has 1 unspecified atom stereocenters. The lowest BCUT2D eigenvalue weighted by molar-refractivity contribution is -0.147. The van der Waals surface area contributed by atoms with Gasteiger partial charge in [-0.3, -0.25) is 0 Å². The number of hydrogen-bond acceptors (Lipinski definition) is 2. The maximum atomic E-state index is 11.8. The highest BCUT2D eigenvalue weighted by Crippen LogP contribution is 2.32. The number of hydrogen-bond donors (Lipinski definition) is 0. The van der Waals surface area contributed by atoms with Crippen LogP contribution in [0.3, 0.4) is 0 Å². The van der Waals surface area contributed by atoms with E-state index in [-0.39, 0.29) is 0 Å². The third-order valence-electron chi connectivity index (χ3n) is 0.678. The Kier molecular flexibility index (Phi) is 4.21. The van der Waals surface area contributed by atoms with Gasteiger partial charge in [-0.1, -0.05) is 0 Å². The summed E-state index contributed by atoms with van der Waals surface area (Å²) in [5.41, 5.74) is 0. The molecule has 0 aromatic heterocycles. The first-order chi connectivity index (χ1) is 4.86. The van der Waals surface area contributed by atoms with E-state index in [4.69, 9.17) is 0 Å². The van der Waals surface area contributed by atoms with Crippen molar-refractivity contribution in [1.29, 1.82) is 0 Å². The van der Waals surface area contributed by atoms with Gasteiger partial charge in [0.05, 0.1) is 0 Å². The second-order valence-electron chi connectivity index (χ2n) is 1.55. The van der Waals surface area contributed by atoms with Crippen molar-refractivity contribution in [2.45, 2.75) is 12.3 Å². The normalized spacial score (nSPS) is 13.8. The standard InChI is InChI=1S/C3H3ClF4O2P/c4-11(9)10-1-3(7,8)2(5)6/h2H,1H2/q+1. The molecule has 0 rings (SSSR count). The van der Waals surface area contributed by atoms with Gasteiger partial charge in [0.15, 0.2) is 6.61 Å². The fraction of sp³-hybridized carbons (Fsp3) is 1.00. The van der Waals surface area contributed by atoms with Gasteiger partial charge in [-0.15, -0.1) is 4.52 Å². The van der Waals surface area contributed by atoms with Crippen LogP contribution in [0.1, 0.15) is 0 Å². The quantitative estimate of drug-likeness (QED) is 0.530. The zero-order valence-corrected chi connectivity index (χ0v) is 6.59. The van der Waals surface area contributed by atoms with Crippen LogP contribution in [-0.4, -0.2) is 19.0 Å². The minimum absolute atomic E-state index is 1.64. The minimum Gasteiger partial charge on any atom is -0.203 e. The summed E-state index contributed by atoms with van der Waals surface area (Å²) >= 11 is 4.60. The molecule has 0 saturated heterocycles. The molecule has 0 aliphatic rings. The fourth-order valence-corrected chi connectivity index (χ4v) is 0.620. The van der Waals surface area contributed by atoms with E-state index in [1.54, 1.807) is 0 Å². The number of halogens is 5. The highest BCUT2D eigenvalue weighted by atomic mass is 35.7. The highest BCUT2D eigenvalue weighted by molar-refractivity contribution is 7.69. The Morgan fingerprint density at radius 1 is 1.55 bits per heavy atom. The Morgan fingerprint density at radius 2 is 2.00 bits per heavy atom. The Hall–Kier alpha value is 0.0700. The van der Waals surface area contributed by atoms with Gasteiger partial charge >= 0.3 is 19.7 Å². The molecule has 0 heterocycles. The van der Waals surface area contributed by atoms with E-state index in [0.29, 0.717) is 0 Å². The SMILES string of the molecule is O=[P+](Cl)OCC(F)(F)C(F)F. The van der Waals surface area contributed by atoms with E-state index in [0.717, 1.165) is 0 Å². The van der Waals surface area contributed by atoms with Gasteiger partial charge < -0.3 is 0 Å². The molecule has 0 aromatic rings. The van der Waals surface area contributed by atoms with Crippen molar-refractivity contribution in [3.8, 4) is 0 Å². The highest BCUT2D eigenvalue weighted by Gasteiger charge is 2.43. The summed E-state index contributed by atoms with van der Waals surface area (Å²) in [5, 5.41) is 0. The van der Waals surface area contributed by atoms with E-state index < -0.39 is 26.3 Å². The van der Waals surface area contributed by atoms with Crippen LogP contribution in [0.25, 0.3) is 0 Å². The summed E-state index contributed by atoms with van der Waals surface area (Å²) < 4.78 is 59.7. The van der Waals surface area contributed by atoms with Gasteiger partial charge in [0.25, 0.3) is 0 Å². The molecule has 66 valence electrons. The van der Waals surface area contributed by atoms with Crippen molar-refractivity contribution < 1.29 is 26.7 Å². The minimum atomic E-state index is -4.29. The molecule has 0 saturated carbocycles. The van der Waals surface area contributed by atoms with Crippen LogP contribution in [0, 0.1) is 0 Å². The molecule has 0 radical (unpaired) electrons. The first-order valence-electron chi connectivity index (χ1n) is 2.28. The van der Waals surface area contributed by atoms with Crippen molar-refractivity contribution in [2.75, 3.05) is 6.61 Å². The van der Waals surface area contributed by atoms with Gasteiger partial charge in [-0.2, -0.15) is 8.78 Å². The maximum absolute atomic E-state index is 11.8. The lowest BCUT2D eigenvalue weighted by Gasteiger charge is -2.09. The van der Waals surface area contributed by atoms with E-state index in [1.165, 1.54) is 0 Å². The topological polar surface area (TPSA) is 26.3 Å². The molecule has 8 heteroatoms. The van der Waals surface area contributed by atoms with Crippen molar-refractivity contribution in [2.24, 2.45) is 0 Å². The molecule has 0 amide bonds. The van der Waals surface area contributed by atoms with E-state index in [1.807, 2.05) is 0 Å². The van der Waals surface area contributed by atoms with Crippen LogP contribution in [0.15, 0.2) is 0 Å². The molecule has 0 aliphatic carbocycles. The molecule has 11 heavy (non-hydrogen) atoms. The molecule has 1 atom stereocenters. The molecular formula is C3H3ClF4O2P+. The van der Waals surface area contributed by atoms with Crippen LogP contribution >= 0.6 is 18.6 Å². The van der Waals surface area contributed by atoms with Crippen LogP contribution in [0.4, 0.5) is 17.6 Å². The monoisotopic (exact) mass is 213 g/mol. The maximum Gasteiger partial charge on any atom is 0.633 e. The van der Waals surface area contributed by atoms with Gasteiger partial charge in [-0.05, 0) is 4.57 Å².